The standard InChI is InChI=1S/C13H11N3O/c17-10-3-1-9(2-4-10)7-13-15-11-5-6-14-8-12(11)16-13/h1-6,8,17H,7H2,(H,15,16). The Morgan fingerprint density at radius 3 is 2.71 bits per heavy atom. The zero-order valence-corrected chi connectivity index (χ0v) is 9.09. The first kappa shape index (κ1) is 9.84. The number of aromatic nitrogens is 3. The first-order valence-corrected chi connectivity index (χ1v) is 5.38. The maximum atomic E-state index is 9.21. The van der Waals surface area contributed by atoms with Gasteiger partial charge in [-0.1, -0.05) is 12.1 Å². The monoisotopic (exact) mass is 225 g/mol. The third kappa shape index (κ3) is 1.97. The summed E-state index contributed by atoms with van der Waals surface area (Å²) in [4.78, 5) is 11.7. The first-order valence-electron chi connectivity index (χ1n) is 5.38. The van der Waals surface area contributed by atoms with Crippen LogP contribution in [0.25, 0.3) is 11.0 Å². The smallest absolute Gasteiger partial charge is 0.115 e. The van der Waals surface area contributed by atoms with Crippen molar-refractivity contribution in [2.45, 2.75) is 6.42 Å². The zero-order chi connectivity index (χ0) is 11.7. The molecule has 2 heterocycles. The van der Waals surface area contributed by atoms with Crippen LogP contribution in [0.5, 0.6) is 5.75 Å². The molecule has 0 saturated carbocycles. The fraction of sp³-hybridized carbons (Fsp3) is 0.0769. The summed E-state index contributed by atoms with van der Waals surface area (Å²) in [5.41, 5.74) is 2.98. The van der Waals surface area contributed by atoms with Crippen LogP contribution in [0.15, 0.2) is 42.7 Å². The molecule has 4 nitrogen and oxygen atoms in total. The minimum atomic E-state index is 0.280. The number of nitrogens with zero attached hydrogens (tertiary/aromatic N) is 2. The highest BCUT2D eigenvalue weighted by Crippen LogP contribution is 2.14. The number of rotatable bonds is 2. The first-order chi connectivity index (χ1) is 8.31. The molecule has 17 heavy (non-hydrogen) atoms. The van der Waals surface area contributed by atoms with Gasteiger partial charge in [0.15, 0.2) is 0 Å². The van der Waals surface area contributed by atoms with E-state index >= 15 is 0 Å². The number of hydrogen-bond donors (Lipinski definition) is 2. The molecule has 0 atom stereocenters. The van der Waals surface area contributed by atoms with E-state index in [0.29, 0.717) is 0 Å². The number of nitrogens with one attached hydrogen (secondary N) is 1. The van der Waals surface area contributed by atoms with Gasteiger partial charge in [0.2, 0.25) is 0 Å². The van der Waals surface area contributed by atoms with Gasteiger partial charge < -0.3 is 10.1 Å². The van der Waals surface area contributed by atoms with Gasteiger partial charge in [-0.3, -0.25) is 4.98 Å². The second-order valence-electron chi connectivity index (χ2n) is 3.92. The molecule has 2 aromatic heterocycles. The van der Waals surface area contributed by atoms with Crippen molar-refractivity contribution >= 4 is 11.0 Å². The molecular formula is C13H11N3O. The van der Waals surface area contributed by atoms with E-state index < -0.39 is 0 Å². The summed E-state index contributed by atoms with van der Waals surface area (Å²) < 4.78 is 0. The second-order valence-corrected chi connectivity index (χ2v) is 3.92. The van der Waals surface area contributed by atoms with E-state index in [4.69, 9.17) is 0 Å². The summed E-state index contributed by atoms with van der Waals surface area (Å²) in [5, 5.41) is 9.21. The predicted molar refractivity (Wildman–Crippen MR) is 64.8 cm³/mol. The number of phenols is 1. The lowest BCUT2D eigenvalue weighted by molar-refractivity contribution is 0.475. The van der Waals surface area contributed by atoms with Gasteiger partial charge in [0.1, 0.15) is 11.6 Å². The number of aromatic amines is 1. The van der Waals surface area contributed by atoms with Gasteiger partial charge in [-0.2, -0.15) is 0 Å². The van der Waals surface area contributed by atoms with E-state index in [1.54, 1.807) is 24.5 Å². The fourth-order valence-electron chi connectivity index (χ4n) is 1.80. The van der Waals surface area contributed by atoms with Crippen LogP contribution in [0, 0.1) is 0 Å². The predicted octanol–water partition coefficient (Wildman–Crippen LogP) is 2.25. The summed E-state index contributed by atoms with van der Waals surface area (Å²) >= 11 is 0. The Balaban J connectivity index is 1.92. The molecule has 3 aromatic rings. The molecule has 0 radical (unpaired) electrons. The molecule has 3 rings (SSSR count). The minimum Gasteiger partial charge on any atom is -0.508 e. The Bertz CT molecular complexity index is 610. The lowest BCUT2D eigenvalue weighted by atomic mass is 10.1. The number of fused-ring (bicyclic) bond motifs is 1. The topological polar surface area (TPSA) is 61.8 Å². The number of benzene rings is 1. The van der Waals surface area contributed by atoms with Crippen molar-refractivity contribution in [2.24, 2.45) is 0 Å². The van der Waals surface area contributed by atoms with Gasteiger partial charge in [0.05, 0.1) is 17.2 Å². The van der Waals surface area contributed by atoms with Crippen molar-refractivity contribution in [1.82, 2.24) is 15.0 Å². The highest BCUT2D eigenvalue weighted by molar-refractivity contribution is 5.73. The number of pyridine rings is 1. The second kappa shape index (κ2) is 3.90. The van der Waals surface area contributed by atoms with Crippen LogP contribution < -0.4 is 0 Å². The molecule has 84 valence electrons. The van der Waals surface area contributed by atoms with Gasteiger partial charge in [0, 0.05) is 12.6 Å². The van der Waals surface area contributed by atoms with E-state index in [2.05, 4.69) is 15.0 Å². The summed E-state index contributed by atoms with van der Waals surface area (Å²) in [6.45, 7) is 0. The Labute approximate surface area is 98.0 Å². The molecule has 0 saturated heterocycles. The van der Waals surface area contributed by atoms with Crippen LogP contribution in [-0.2, 0) is 6.42 Å². The largest absolute Gasteiger partial charge is 0.508 e. The van der Waals surface area contributed by atoms with Gasteiger partial charge >= 0.3 is 0 Å². The van der Waals surface area contributed by atoms with Crippen LogP contribution in [0.1, 0.15) is 11.4 Å². The zero-order valence-electron chi connectivity index (χ0n) is 9.09. The van der Waals surface area contributed by atoms with Crippen molar-refractivity contribution in [2.75, 3.05) is 0 Å². The van der Waals surface area contributed by atoms with Crippen molar-refractivity contribution < 1.29 is 5.11 Å². The van der Waals surface area contributed by atoms with Crippen molar-refractivity contribution in [1.29, 1.82) is 0 Å². The maximum absolute atomic E-state index is 9.21. The van der Waals surface area contributed by atoms with Gasteiger partial charge in [-0.15, -0.1) is 0 Å². The number of hydrogen-bond acceptors (Lipinski definition) is 3. The average Bonchev–Trinajstić information content (AvgIpc) is 2.74. The quantitative estimate of drug-likeness (QED) is 0.703. The van der Waals surface area contributed by atoms with Crippen LogP contribution in [-0.4, -0.2) is 20.1 Å². The van der Waals surface area contributed by atoms with Crippen LogP contribution in [0.4, 0.5) is 0 Å². The molecule has 0 aliphatic carbocycles. The molecule has 0 unspecified atom stereocenters. The highest BCUT2D eigenvalue weighted by Gasteiger charge is 2.03. The van der Waals surface area contributed by atoms with E-state index in [-0.39, 0.29) is 5.75 Å². The van der Waals surface area contributed by atoms with Crippen molar-refractivity contribution in [3.05, 3.63) is 54.1 Å². The average molecular weight is 225 g/mol. The highest BCUT2D eigenvalue weighted by atomic mass is 16.3. The van der Waals surface area contributed by atoms with E-state index in [1.807, 2.05) is 18.2 Å². The van der Waals surface area contributed by atoms with Crippen LogP contribution in [0.3, 0.4) is 0 Å². The van der Waals surface area contributed by atoms with Crippen LogP contribution >= 0.6 is 0 Å². The summed E-state index contributed by atoms with van der Waals surface area (Å²) in [5.74, 6) is 1.18. The fourth-order valence-corrected chi connectivity index (χ4v) is 1.80. The summed E-state index contributed by atoms with van der Waals surface area (Å²) in [6, 6.07) is 9.02. The molecule has 0 amide bonds. The number of aromatic hydroxyl groups is 1. The van der Waals surface area contributed by atoms with Gasteiger partial charge in [0.25, 0.3) is 0 Å². The molecule has 0 spiro atoms. The maximum Gasteiger partial charge on any atom is 0.115 e. The Morgan fingerprint density at radius 2 is 1.94 bits per heavy atom. The van der Waals surface area contributed by atoms with Gasteiger partial charge in [-0.25, -0.2) is 4.98 Å². The molecule has 0 aliphatic rings. The number of imidazole rings is 1. The number of H-pyrrole nitrogens is 1. The molecule has 0 aliphatic heterocycles. The van der Waals surface area contributed by atoms with E-state index in [9.17, 15) is 5.11 Å². The molecule has 1 aromatic carbocycles. The minimum absolute atomic E-state index is 0.280. The normalized spacial score (nSPS) is 10.8. The summed E-state index contributed by atoms with van der Waals surface area (Å²) in [7, 11) is 0. The molecule has 4 heteroatoms. The Morgan fingerprint density at radius 1 is 1.12 bits per heavy atom. The third-order valence-corrected chi connectivity index (χ3v) is 2.64. The molecule has 0 bridgehead atoms. The van der Waals surface area contributed by atoms with E-state index in [0.717, 1.165) is 28.8 Å². The van der Waals surface area contributed by atoms with Gasteiger partial charge in [-0.05, 0) is 23.8 Å². The van der Waals surface area contributed by atoms with Crippen molar-refractivity contribution in [3.63, 3.8) is 0 Å². The Kier molecular flexibility index (Phi) is 2.26. The lowest BCUT2D eigenvalue weighted by Gasteiger charge is -1.98. The third-order valence-electron chi connectivity index (χ3n) is 2.64. The van der Waals surface area contributed by atoms with Crippen molar-refractivity contribution in [3.8, 4) is 5.75 Å². The SMILES string of the molecule is Oc1ccc(Cc2nc3ccncc3[nH]2)cc1. The van der Waals surface area contributed by atoms with E-state index in [1.165, 1.54) is 0 Å². The molecule has 2 N–H and O–H groups in total. The summed E-state index contributed by atoms with van der Waals surface area (Å²) in [6.07, 6.45) is 4.21. The lowest BCUT2D eigenvalue weighted by Crippen LogP contribution is -1.89. The molecule has 0 fully saturated rings. The number of phenolic OH excluding ortho intramolecular Hbond substituents is 1. The Hall–Kier alpha value is -2.36. The molecular weight excluding hydrogens is 214 g/mol. The van der Waals surface area contributed by atoms with Crippen LogP contribution in [0.2, 0.25) is 0 Å².